The predicted molar refractivity (Wildman–Crippen MR) is 133 cm³/mol. The van der Waals surface area contributed by atoms with Gasteiger partial charge in [-0.1, -0.05) is 42.7 Å². The van der Waals surface area contributed by atoms with Crippen LogP contribution in [0.5, 0.6) is 0 Å². The molecule has 2 saturated carbocycles. The van der Waals surface area contributed by atoms with E-state index in [1.54, 1.807) is 11.4 Å². The average Bonchev–Trinajstić information content (AvgIpc) is 3.75. The summed E-state index contributed by atoms with van der Waals surface area (Å²) in [6.07, 6.45) is 6.67. The van der Waals surface area contributed by atoms with Gasteiger partial charge in [0.15, 0.2) is 0 Å². The summed E-state index contributed by atoms with van der Waals surface area (Å²) in [6.45, 7) is 2.85. The van der Waals surface area contributed by atoms with Gasteiger partial charge in [-0.15, -0.1) is 0 Å². The molecule has 34 heavy (non-hydrogen) atoms. The molecule has 7 nitrogen and oxygen atoms in total. The molecule has 180 valence electrons. The Kier molecular flexibility index (Phi) is 6.55. The molecule has 1 aromatic carbocycles. The van der Waals surface area contributed by atoms with Crippen LogP contribution in [0.3, 0.4) is 0 Å². The minimum atomic E-state index is -2.07. The second-order valence-corrected chi connectivity index (χ2v) is 10.6. The highest BCUT2D eigenvalue weighted by molar-refractivity contribution is 7.76. The molecule has 0 saturated heterocycles. The summed E-state index contributed by atoms with van der Waals surface area (Å²) >= 11 is -2.07. The van der Waals surface area contributed by atoms with E-state index in [2.05, 4.69) is 5.32 Å². The van der Waals surface area contributed by atoms with Gasteiger partial charge in [-0.25, -0.2) is 9.19 Å². The van der Waals surface area contributed by atoms with Gasteiger partial charge in [-0.2, -0.15) is 4.31 Å². The zero-order valence-corrected chi connectivity index (χ0v) is 20.5. The molecular weight excluding hydrogens is 450 g/mol. The van der Waals surface area contributed by atoms with Crippen molar-refractivity contribution < 1.29 is 18.0 Å². The molecule has 2 aliphatic carbocycles. The third kappa shape index (κ3) is 4.94. The minimum Gasteiger partial charge on any atom is -0.437 e. The van der Waals surface area contributed by atoms with Crippen molar-refractivity contribution in [1.29, 1.82) is 0 Å². The summed E-state index contributed by atoms with van der Waals surface area (Å²) in [5, 5.41) is 3.42. The topological polar surface area (TPSA) is 95.7 Å². The van der Waals surface area contributed by atoms with E-state index in [4.69, 9.17) is 9.40 Å². The molecule has 8 heteroatoms. The van der Waals surface area contributed by atoms with Crippen molar-refractivity contribution in [2.45, 2.75) is 57.9 Å². The number of aromatic nitrogens is 1. The summed E-state index contributed by atoms with van der Waals surface area (Å²) in [6, 6.07) is 9.88. The molecule has 0 aliphatic heterocycles. The number of hydrogen-bond acceptors (Lipinski definition) is 4. The molecule has 3 aromatic rings. The van der Waals surface area contributed by atoms with Crippen molar-refractivity contribution in [1.82, 2.24) is 14.6 Å². The van der Waals surface area contributed by atoms with Crippen LogP contribution in [0.15, 0.2) is 34.7 Å². The number of rotatable bonds is 10. The minimum absolute atomic E-state index is 0.219. The zero-order valence-electron chi connectivity index (χ0n) is 19.7. The van der Waals surface area contributed by atoms with E-state index >= 15 is 0 Å². The van der Waals surface area contributed by atoms with Crippen molar-refractivity contribution in [2.24, 2.45) is 5.92 Å². The monoisotopic (exact) mass is 481 g/mol. The van der Waals surface area contributed by atoms with Crippen LogP contribution < -0.4 is 5.32 Å². The normalized spacial score (nSPS) is 16.8. The second kappa shape index (κ2) is 9.60. The number of nitrogens with zero attached hydrogens (tertiary/aromatic N) is 2. The van der Waals surface area contributed by atoms with Gasteiger partial charge in [0.2, 0.25) is 17.0 Å². The van der Waals surface area contributed by atoms with Crippen molar-refractivity contribution in [3.8, 4) is 11.3 Å². The highest BCUT2D eigenvalue weighted by atomic mass is 32.2. The highest BCUT2D eigenvalue weighted by Crippen LogP contribution is 2.44. The van der Waals surface area contributed by atoms with E-state index in [0.717, 1.165) is 54.0 Å². The standard InChI is InChI=1S/C26H31N3O4S/c1-16-5-9-19(10-6-16)24-23(25(30)27-2)21-14-20(18-11-12-18)22(28-26(21)33-24)15-29(34(31)32)13-3-4-17-7-8-17/h5-6,9-10,14,17-18H,3-4,7-8,11-13,15H2,1-2H3,(H,27,30)(H,31,32). The lowest BCUT2D eigenvalue weighted by Crippen LogP contribution is -2.27. The van der Waals surface area contributed by atoms with E-state index in [1.807, 2.05) is 37.3 Å². The molecule has 1 amide bonds. The third-order valence-electron chi connectivity index (χ3n) is 6.84. The highest BCUT2D eigenvalue weighted by Gasteiger charge is 2.31. The van der Waals surface area contributed by atoms with Crippen molar-refractivity contribution >= 4 is 28.3 Å². The van der Waals surface area contributed by atoms with Crippen LogP contribution in [-0.2, 0) is 17.8 Å². The number of benzene rings is 1. The number of nitrogens with one attached hydrogen (secondary N) is 1. The number of amides is 1. The van der Waals surface area contributed by atoms with E-state index < -0.39 is 11.3 Å². The van der Waals surface area contributed by atoms with E-state index in [-0.39, 0.29) is 12.5 Å². The molecule has 0 spiro atoms. The summed E-state index contributed by atoms with van der Waals surface area (Å²) in [5.41, 5.74) is 4.61. The summed E-state index contributed by atoms with van der Waals surface area (Å²) in [4.78, 5) is 17.7. The Labute approximate surface area is 202 Å². The Bertz CT molecular complexity index is 1230. The quantitative estimate of drug-likeness (QED) is 0.390. The Balaban J connectivity index is 1.54. The molecule has 2 N–H and O–H groups in total. The largest absolute Gasteiger partial charge is 0.437 e. The van der Waals surface area contributed by atoms with E-state index in [9.17, 15) is 13.6 Å². The van der Waals surface area contributed by atoms with Crippen LogP contribution >= 0.6 is 0 Å². The Morgan fingerprint density at radius 3 is 2.59 bits per heavy atom. The van der Waals surface area contributed by atoms with Gasteiger partial charge in [0.1, 0.15) is 5.76 Å². The molecule has 1 atom stereocenters. The maximum atomic E-state index is 12.9. The van der Waals surface area contributed by atoms with Gasteiger partial charge in [-0.05, 0) is 56.1 Å². The Hall–Kier alpha value is -2.55. The smallest absolute Gasteiger partial charge is 0.255 e. The van der Waals surface area contributed by atoms with Crippen molar-refractivity contribution in [2.75, 3.05) is 13.6 Å². The molecule has 2 aromatic heterocycles. The summed E-state index contributed by atoms with van der Waals surface area (Å²) in [7, 11) is 1.61. The molecule has 1 unspecified atom stereocenters. The molecule has 2 fully saturated rings. The number of pyridine rings is 1. The average molecular weight is 482 g/mol. The van der Waals surface area contributed by atoms with Crippen LogP contribution in [0.25, 0.3) is 22.4 Å². The first-order chi connectivity index (χ1) is 16.4. The first-order valence-electron chi connectivity index (χ1n) is 12.1. The molecule has 2 heterocycles. The lowest BCUT2D eigenvalue weighted by atomic mass is 10.0. The SMILES string of the molecule is CNC(=O)c1c(-c2ccc(C)cc2)oc2nc(CN(CCCC3CC3)S(=O)O)c(C3CC3)cc12. The number of carbonyl (C=O) groups excluding carboxylic acids is 1. The van der Waals surface area contributed by atoms with Gasteiger partial charge in [0, 0.05) is 19.2 Å². The molecular formula is C26H31N3O4S. The third-order valence-corrected chi connectivity index (χ3v) is 7.60. The van der Waals surface area contributed by atoms with Crippen molar-refractivity contribution in [3.63, 3.8) is 0 Å². The molecule has 5 rings (SSSR count). The zero-order chi connectivity index (χ0) is 23.8. The van der Waals surface area contributed by atoms with Gasteiger partial charge >= 0.3 is 0 Å². The second-order valence-electron chi connectivity index (χ2n) is 9.58. The maximum absolute atomic E-state index is 12.9. The van der Waals surface area contributed by atoms with Gasteiger partial charge < -0.3 is 9.73 Å². The van der Waals surface area contributed by atoms with Crippen LogP contribution in [0.2, 0.25) is 0 Å². The molecule has 2 aliphatic rings. The fourth-order valence-corrected chi connectivity index (χ4v) is 5.07. The van der Waals surface area contributed by atoms with Gasteiger partial charge in [0.05, 0.1) is 23.2 Å². The van der Waals surface area contributed by atoms with Crippen LogP contribution in [-0.4, -0.2) is 37.6 Å². The van der Waals surface area contributed by atoms with Crippen LogP contribution in [0.4, 0.5) is 0 Å². The lowest BCUT2D eigenvalue weighted by molar-refractivity contribution is 0.0964. The van der Waals surface area contributed by atoms with Crippen LogP contribution in [0.1, 0.15) is 71.6 Å². The van der Waals surface area contributed by atoms with E-state index in [0.29, 0.717) is 34.9 Å². The van der Waals surface area contributed by atoms with Crippen LogP contribution in [0, 0.1) is 12.8 Å². The first kappa shape index (κ1) is 23.2. The Morgan fingerprint density at radius 1 is 1.24 bits per heavy atom. The van der Waals surface area contributed by atoms with E-state index in [1.165, 1.54) is 12.8 Å². The number of furan rings is 1. The summed E-state index contributed by atoms with van der Waals surface area (Å²) in [5.74, 6) is 1.43. The van der Waals surface area contributed by atoms with Gasteiger partial charge in [-0.3, -0.25) is 9.35 Å². The summed E-state index contributed by atoms with van der Waals surface area (Å²) < 4.78 is 29.8. The number of fused-ring (bicyclic) bond motifs is 1. The molecule has 0 bridgehead atoms. The number of carbonyl (C=O) groups is 1. The Morgan fingerprint density at radius 2 is 1.97 bits per heavy atom. The number of aryl methyl sites for hydroxylation is 1. The maximum Gasteiger partial charge on any atom is 0.255 e. The fourth-order valence-electron chi connectivity index (χ4n) is 4.55. The fraction of sp³-hybridized carbons (Fsp3) is 0.462. The first-order valence-corrected chi connectivity index (χ1v) is 13.1. The van der Waals surface area contributed by atoms with Crippen molar-refractivity contribution in [3.05, 3.63) is 52.7 Å². The lowest BCUT2D eigenvalue weighted by Gasteiger charge is -2.19. The molecule has 0 radical (unpaired) electrons. The predicted octanol–water partition coefficient (Wildman–Crippen LogP) is 5.17. The van der Waals surface area contributed by atoms with Gasteiger partial charge in [0.25, 0.3) is 5.91 Å². The number of hydrogen-bond donors (Lipinski definition) is 2.